The van der Waals surface area contributed by atoms with Crippen molar-refractivity contribution >= 4 is 23.4 Å². The number of carbonyl (C=O) groups is 2. The minimum atomic E-state index is -0.660. The Bertz CT molecular complexity index is 594. The Morgan fingerprint density at radius 2 is 2.00 bits per heavy atom. The number of halogens is 1. The largest absolute Gasteiger partial charge is 0.340 e. The summed E-state index contributed by atoms with van der Waals surface area (Å²) in [4.78, 5) is 26.4. The van der Waals surface area contributed by atoms with Gasteiger partial charge in [0.15, 0.2) is 0 Å². The lowest BCUT2D eigenvalue weighted by molar-refractivity contribution is -0.150. The maximum absolute atomic E-state index is 12.7. The summed E-state index contributed by atoms with van der Waals surface area (Å²) < 4.78 is 0. The quantitative estimate of drug-likeness (QED) is 0.912. The minimum Gasteiger partial charge on any atom is -0.340 e. The van der Waals surface area contributed by atoms with Crippen LogP contribution in [0.2, 0.25) is 5.02 Å². The summed E-state index contributed by atoms with van der Waals surface area (Å²) >= 11 is 6.25. The highest BCUT2D eigenvalue weighted by Gasteiger charge is 2.48. The molecule has 1 aliphatic heterocycles. The molecule has 4 nitrogen and oxygen atoms in total. The Kier molecular flexibility index (Phi) is 3.66. The van der Waals surface area contributed by atoms with Crippen LogP contribution >= 0.6 is 11.6 Å². The van der Waals surface area contributed by atoms with Crippen LogP contribution in [0.25, 0.3) is 0 Å². The molecule has 3 rings (SSSR count). The van der Waals surface area contributed by atoms with Crippen LogP contribution in [0.1, 0.15) is 36.8 Å². The molecule has 0 bridgehead atoms. The van der Waals surface area contributed by atoms with Crippen molar-refractivity contribution in [3.05, 3.63) is 34.3 Å². The molecule has 1 aromatic rings. The molecule has 1 aliphatic carbocycles. The number of nitrogens with zero attached hydrogens (tertiary/aromatic N) is 1. The average Bonchev–Trinajstić information content (AvgIpc) is 2.88. The second kappa shape index (κ2) is 5.34. The lowest BCUT2D eigenvalue weighted by Gasteiger charge is -2.39. The van der Waals surface area contributed by atoms with Gasteiger partial charge in [-0.1, -0.05) is 36.6 Å². The van der Waals surface area contributed by atoms with E-state index >= 15 is 0 Å². The molecule has 1 aromatic carbocycles. The predicted octanol–water partition coefficient (Wildman–Crippen LogP) is 2.42. The minimum absolute atomic E-state index is 0.0382. The summed E-state index contributed by atoms with van der Waals surface area (Å²) in [6.07, 6.45) is 3.47. The van der Waals surface area contributed by atoms with Crippen LogP contribution in [0, 0.1) is 6.92 Å². The maximum Gasteiger partial charge on any atom is 0.249 e. The molecule has 5 heteroatoms. The second-order valence-corrected chi connectivity index (χ2v) is 6.50. The van der Waals surface area contributed by atoms with Crippen molar-refractivity contribution in [3.63, 3.8) is 0 Å². The Morgan fingerprint density at radius 1 is 1.29 bits per heavy atom. The first kappa shape index (κ1) is 14.4. The first-order chi connectivity index (χ1) is 10.00. The van der Waals surface area contributed by atoms with Gasteiger partial charge in [0, 0.05) is 11.6 Å². The molecule has 1 saturated heterocycles. The van der Waals surface area contributed by atoms with E-state index in [4.69, 9.17) is 11.6 Å². The van der Waals surface area contributed by atoms with Crippen molar-refractivity contribution in [3.8, 4) is 0 Å². The van der Waals surface area contributed by atoms with Crippen molar-refractivity contribution in [2.24, 2.45) is 0 Å². The molecule has 1 heterocycles. The number of amides is 2. The zero-order chi connectivity index (χ0) is 15.0. The zero-order valence-electron chi connectivity index (χ0n) is 12.1. The van der Waals surface area contributed by atoms with E-state index in [0.717, 1.165) is 36.8 Å². The monoisotopic (exact) mass is 306 g/mol. The van der Waals surface area contributed by atoms with Crippen molar-refractivity contribution < 1.29 is 9.59 Å². The van der Waals surface area contributed by atoms with E-state index in [1.54, 1.807) is 4.90 Å². The Hall–Kier alpha value is -1.55. The number of hydrogen-bond donors (Lipinski definition) is 1. The van der Waals surface area contributed by atoms with Crippen LogP contribution < -0.4 is 5.32 Å². The molecule has 1 saturated carbocycles. The number of benzene rings is 1. The van der Waals surface area contributed by atoms with Gasteiger partial charge in [-0.2, -0.15) is 0 Å². The number of rotatable bonds is 2. The van der Waals surface area contributed by atoms with Crippen molar-refractivity contribution in [2.45, 2.75) is 44.7 Å². The highest BCUT2D eigenvalue weighted by Crippen LogP contribution is 2.34. The van der Waals surface area contributed by atoms with E-state index in [2.05, 4.69) is 5.32 Å². The summed E-state index contributed by atoms with van der Waals surface area (Å²) in [5.74, 6) is -0.0315. The van der Waals surface area contributed by atoms with E-state index in [-0.39, 0.29) is 18.4 Å². The molecule has 2 amide bonds. The van der Waals surface area contributed by atoms with Crippen molar-refractivity contribution in [2.75, 3.05) is 6.54 Å². The fourth-order valence-corrected chi connectivity index (χ4v) is 3.63. The van der Waals surface area contributed by atoms with Gasteiger partial charge in [-0.3, -0.25) is 9.59 Å². The molecule has 2 fully saturated rings. The van der Waals surface area contributed by atoms with Gasteiger partial charge in [0.25, 0.3) is 0 Å². The lowest BCUT2D eigenvalue weighted by Crippen LogP contribution is -2.65. The molecule has 2 aliphatic rings. The van der Waals surface area contributed by atoms with Crippen LogP contribution in [0.15, 0.2) is 18.2 Å². The van der Waals surface area contributed by atoms with Gasteiger partial charge in [-0.05, 0) is 37.0 Å². The van der Waals surface area contributed by atoms with E-state index in [9.17, 15) is 9.59 Å². The third-order valence-electron chi connectivity index (χ3n) is 4.44. The highest BCUT2D eigenvalue weighted by molar-refractivity contribution is 6.31. The third kappa shape index (κ3) is 2.64. The van der Waals surface area contributed by atoms with E-state index in [0.29, 0.717) is 11.6 Å². The third-order valence-corrected chi connectivity index (χ3v) is 4.79. The van der Waals surface area contributed by atoms with Gasteiger partial charge >= 0.3 is 0 Å². The highest BCUT2D eigenvalue weighted by atomic mass is 35.5. The van der Waals surface area contributed by atoms with Crippen LogP contribution in [0.3, 0.4) is 0 Å². The molecule has 1 spiro atoms. The molecule has 0 atom stereocenters. The predicted molar refractivity (Wildman–Crippen MR) is 80.9 cm³/mol. The number of carbonyl (C=O) groups excluding carboxylic acids is 2. The Morgan fingerprint density at radius 3 is 2.67 bits per heavy atom. The molecule has 21 heavy (non-hydrogen) atoms. The van der Waals surface area contributed by atoms with E-state index in [1.807, 2.05) is 25.1 Å². The number of hydrogen-bond acceptors (Lipinski definition) is 2. The first-order valence-corrected chi connectivity index (χ1v) is 7.73. The van der Waals surface area contributed by atoms with Gasteiger partial charge in [0.05, 0.1) is 6.54 Å². The van der Waals surface area contributed by atoms with E-state index < -0.39 is 5.54 Å². The SMILES string of the molecule is Cc1ccc(CN2CC(=O)NC3(CCCC3)C2=O)c(Cl)c1. The Balaban J connectivity index is 1.84. The van der Waals surface area contributed by atoms with Gasteiger partial charge in [-0.15, -0.1) is 0 Å². The lowest BCUT2D eigenvalue weighted by atomic mass is 9.92. The topological polar surface area (TPSA) is 49.4 Å². The van der Waals surface area contributed by atoms with E-state index in [1.165, 1.54) is 0 Å². The fraction of sp³-hybridized carbons (Fsp3) is 0.500. The van der Waals surface area contributed by atoms with Crippen molar-refractivity contribution in [1.82, 2.24) is 10.2 Å². The van der Waals surface area contributed by atoms with Gasteiger partial charge in [-0.25, -0.2) is 0 Å². The average molecular weight is 307 g/mol. The number of aryl methyl sites for hydroxylation is 1. The first-order valence-electron chi connectivity index (χ1n) is 7.36. The molecule has 0 unspecified atom stereocenters. The molecule has 0 radical (unpaired) electrons. The summed E-state index contributed by atoms with van der Waals surface area (Å²) in [6.45, 7) is 2.49. The number of piperazine rings is 1. The standard InChI is InChI=1S/C16H19ClN2O2/c1-11-4-5-12(13(17)8-11)9-19-10-14(20)18-16(15(19)21)6-2-3-7-16/h4-5,8H,2-3,6-7,9-10H2,1H3,(H,18,20). The van der Waals surface area contributed by atoms with Gasteiger partial charge < -0.3 is 10.2 Å². The summed E-state index contributed by atoms with van der Waals surface area (Å²) in [5.41, 5.74) is 1.31. The van der Waals surface area contributed by atoms with Crippen LogP contribution in [0.4, 0.5) is 0 Å². The summed E-state index contributed by atoms with van der Waals surface area (Å²) in [7, 11) is 0. The fourth-order valence-electron chi connectivity index (χ4n) is 3.34. The van der Waals surface area contributed by atoms with Crippen LogP contribution in [-0.2, 0) is 16.1 Å². The number of nitrogens with one attached hydrogen (secondary N) is 1. The molecule has 0 aromatic heterocycles. The summed E-state index contributed by atoms with van der Waals surface area (Å²) in [6, 6.07) is 5.79. The van der Waals surface area contributed by atoms with Crippen LogP contribution in [-0.4, -0.2) is 28.8 Å². The zero-order valence-corrected chi connectivity index (χ0v) is 12.9. The summed E-state index contributed by atoms with van der Waals surface area (Å²) in [5, 5.41) is 3.57. The smallest absolute Gasteiger partial charge is 0.249 e. The van der Waals surface area contributed by atoms with Crippen LogP contribution in [0.5, 0.6) is 0 Å². The molecule has 112 valence electrons. The maximum atomic E-state index is 12.7. The Labute approximate surface area is 129 Å². The molecular weight excluding hydrogens is 288 g/mol. The van der Waals surface area contributed by atoms with Gasteiger partial charge in [0.1, 0.15) is 5.54 Å². The van der Waals surface area contributed by atoms with Gasteiger partial charge in [0.2, 0.25) is 11.8 Å². The molecular formula is C16H19ClN2O2. The van der Waals surface area contributed by atoms with Crippen molar-refractivity contribution in [1.29, 1.82) is 0 Å². The second-order valence-electron chi connectivity index (χ2n) is 6.09. The molecule has 1 N–H and O–H groups in total. The normalized spacial score (nSPS) is 21.0.